The Morgan fingerprint density at radius 3 is 1.64 bits per heavy atom. The second kappa shape index (κ2) is 14.4. The van der Waals surface area contributed by atoms with Gasteiger partial charge in [-0.15, -0.1) is 0 Å². The molecular formula is C35H39F5N10O3. The topological polar surface area (TPSA) is 117 Å². The monoisotopic (exact) mass is 742 g/mol. The number of benzene rings is 2. The van der Waals surface area contributed by atoms with Crippen LogP contribution in [0.3, 0.4) is 0 Å². The minimum atomic E-state index is -4.58. The van der Waals surface area contributed by atoms with Gasteiger partial charge in [0.2, 0.25) is 23.3 Å². The molecule has 0 aliphatic carbocycles. The summed E-state index contributed by atoms with van der Waals surface area (Å²) in [5.41, 5.74) is -3.17. The predicted octanol–water partition coefficient (Wildman–Crippen LogP) is 3.06. The number of rotatable bonds is 7. The molecule has 2 aromatic heterocycles. The number of anilines is 4. The molecule has 3 saturated heterocycles. The molecule has 7 rings (SSSR count). The van der Waals surface area contributed by atoms with Crippen LogP contribution < -0.4 is 25.0 Å². The fraction of sp³-hybridized carbons (Fsp3) is 0.457. The Kier molecular flexibility index (Phi) is 9.84. The lowest BCUT2D eigenvalue weighted by atomic mass is 10.1. The first-order chi connectivity index (χ1) is 25.3. The van der Waals surface area contributed by atoms with Gasteiger partial charge in [-0.25, -0.2) is 13.6 Å². The van der Waals surface area contributed by atoms with Gasteiger partial charge in [-0.1, -0.05) is 12.1 Å². The third-order valence-corrected chi connectivity index (χ3v) is 10.1. The van der Waals surface area contributed by atoms with E-state index in [1.54, 1.807) is 0 Å². The van der Waals surface area contributed by atoms with Gasteiger partial charge in [0, 0.05) is 91.3 Å². The third-order valence-electron chi connectivity index (χ3n) is 10.1. The number of halogens is 5. The van der Waals surface area contributed by atoms with E-state index in [1.807, 2.05) is 4.90 Å². The van der Waals surface area contributed by atoms with Crippen molar-refractivity contribution >= 4 is 40.4 Å². The van der Waals surface area contributed by atoms with Crippen LogP contribution in [0, 0.1) is 11.6 Å². The summed E-state index contributed by atoms with van der Waals surface area (Å²) >= 11 is 0. The zero-order chi connectivity index (χ0) is 37.6. The van der Waals surface area contributed by atoms with Gasteiger partial charge in [0.25, 0.3) is 0 Å². The van der Waals surface area contributed by atoms with E-state index in [1.165, 1.54) is 17.0 Å². The zero-order valence-electron chi connectivity index (χ0n) is 29.3. The molecule has 282 valence electrons. The number of carboxylic acid groups (broad SMARTS) is 1. The molecule has 0 saturated carbocycles. The van der Waals surface area contributed by atoms with Gasteiger partial charge in [0.1, 0.15) is 17.1 Å². The number of aromatic nitrogens is 4. The molecule has 0 atom stereocenters. The van der Waals surface area contributed by atoms with Crippen molar-refractivity contribution in [2.75, 3.05) is 112 Å². The van der Waals surface area contributed by atoms with Crippen molar-refractivity contribution < 1.29 is 31.9 Å². The van der Waals surface area contributed by atoms with Crippen LogP contribution in [0.1, 0.15) is 21.5 Å². The molecule has 4 aromatic rings. The Labute approximate surface area is 301 Å². The quantitative estimate of drug-likeness (QED) is 0.281. The van der Waals surface area contributed by atoms with Crippen molar-refractivity contribution in [3.05, 3.63) is 75.1 Å². The number of fused-ring (bicyclic) bond motifs is 1. The van der Waals surface area contributed by atoms with E-state index in [2.05, 4.69) is 33.7 Å². The molecule has 53 heavy (non-hydrogen) atoms. The lowest BCUT2D eigenvalue weighted by Crippen LogP contribution is -2.49. The van der Waals surface area contributed by atoms with Gasteiger partial charge in [-0.05, 0) is 37.9 Å². The molecule has 3 aliphatic heterocycles. The molecule has 13 nitrogen and oxygen atoms in total. The molecule has 2 aromatic carbocycles. The van der Waals surface area contributed by atoms with Crippen molar-refractivity contribution in [1.29, 1.82) is 0 Å². The van der Waals surface area contributed by atoms with Crippen LogP contribution in [-0.4, -0.2) is 133 Å². The summed E-state index contributed by atoms with van der Waals surface area (Å²) in [5.74, 6) is -2.10. The van der Waals surface area contributed by atoms with E-state index in [4.69, 9.17) is 15.0 Å². The number of pyridine rings is 1. The highest BCUT2D eigenvalue weighted by Gasteiger charge is 2.32. The second-order valence-electron chi connectivity index (χ2n) is 13.7. The standard InChI is InChI=1S/C35H39F5N10O3/c1-44-7-11-47(12-8-44)32-41-33(48-13-9-45(2)10-14-48)43-34(42-32)49-17-15-46(16-18-49)29-26(36)19-24-28(27(29)37)50(21-25(30(24)51)31(52)53)20-22-3-5-23(6-4-22)35(38,39)40/h3-6,19,21H,7-18,20H2,1-2H3,(H,52,53). The summed E-state index contributed by atoms with van der Waals surface area (Å²) < 4.78 is 73.1. The number of hydrogen-bond donors (Lipinski definition) is 1. The number of nitrogens with zero attached hydrogens (tertiary/aromatic N) is 10. The van der Waals surface area contributed by atoms with Gasteiger partial charge < -0.3 is 39.1 Å². The molecule has 0 unspecified atom stereocenters. The van der Waals surface area contributed by atoms with Gasteiger partial charge in [0.05, 0.1) is 16.5 Å². The van der Waals surface area contributed by atoms with Crippen molar-refractivity contribution in [2.24, 2.45) is 0 Å². The fourth-order valence-electron chi connectivity index (χ4n) is 6.95. The number of alkyl halides is 3. The van der Waals surface area contributed by atoms with Crippen molar-refractivity contribution in [2.45, 2.75) is 12.7 Å². The number of aromatic carboxylic acids is 1. The maximum Gasteiger partial charge on any atom is 0.416 e. The first-order valence-corrected chi connectivity index (χ1v) is 17.3. The van der Waals surface area contributed by atoms with E-state index >= 15 is 8.78 Å². The predicted molar refractivity (Wildman–Crippen MR) is 189 cm³/mol. The first-order valence-electron chi connectivity index (χ1n) is 17.3. The lowest BCUT2D eigenvalue weighted by Gasteiger charge is -2.38. The Hall–Kier alpha value is -5.10. The summed E-state index contributed by atoms with van der Waals surface area (Å²) in [6.45, 7) is 7.14. The number of likely N-dealkylation sites (N-methyl/N-ethyl adjacent to an activating group) is 2. The van der Waals surface area contributed by atoms with E-state index in [-0.39, 0.29) is 30.7 Å². The molecule has 1 N–H and O–H groups in total. The Balaban J connectivity index is 1.19. The molecule has 0 radical (unpaired) electrons. The Bertz CT molecular complexity index is 2020. The third kappa shape index (κ3) is 7.42. The van der Waals surface area contributed by atoms with Crippen molar-refractivity contribution in [3.8, 4) is 0 Å². The van der Waals surface area contributed by atoms with Gasteiger partial charge >= 0.3 is 12.1 Å². The SMILES string of the molecule is CN1CCN(c2nc(N3CCN(C)CC3)nc(N3CCN(c4c(F)cc5c(=O)c(C(=O)O)cn(Cc6ccc(C(F)(F)F)cc6)c5c4F)CC3)n2)CC1. The first kappa shape index (κ1) is 36.3. The maximum atomic E-state index is 16.6. The molecule has 18 heteroatoms. The lowest BCUT2D eigenvalue weighted by molar-refractivity contribution is -0.137. The van der Waals surface area contributed by atoms with E-state index in [9.17, 15) is 27.9 Å². The van der Waals surface area contributed by atoms with Crippen LogP contribution in [0.15, 0.2) is 41.3 Å². The number of hydrogen-bond acceptors (Lipinski definition) is 11. The molecule has 0 spiro atoms. The van der Waals surface area contributed by atoms with Crippen LogP contribution in [-0.2, 0) is 12.7 Å². The highest BCUT2D eigenvalue weighted by atomic mass is 19.4. The minimum Gasteiger partial charge on any atom is -0.477 e. The van der Waals surface area contributed by atoms with E-state index < -0.39 is 51.4 Å². The average molecular weight is 743 g/mol. The summed E-state index contributed by atoms with van der Waals surface area (Å²) in [5, 5.41) is 9.21. The molecular weight excluding hydrogens is 703 g/mol. The fourth-order valence-corrected chi connectivity index (χ4v) is 6.95. The van der Waals surface area contributed by atoms with E-state index in [0.717, 1.165) is 81.3 Å². The number of carboxylic acids is 1. The number of piperazine rings is 3. The largest absolute Gasteiger partial charge is 0.477 e. The maximum absolute atomic E-state index is 16.6. The molecule has 0 amide bonds. The van der Waals surface area contributed by atoms with Crippen molar-refractivity contribution in [1.82, 2.24) is 29.3 Å². The van der Waals surface area contributed by atoms with Crippen molar-refractivity contribution in [3.63, 3.8) is 0 Å². The smallest absolute Gasteiger partial charge is 0.416 e. The number of carbonyl (C=O) groups is 1. The summed E-state index contributed by atoms with van der Waals surface area (Å²) in [6, 6.07) is 4.90. The van der Waals surface area contributed by atoms with Gasteiger partial charge in [-0.2, -0.15) is 28.1 Å². The Morgan fingerprint density at radius 2 is 1.19 bits per heavy atom. The summed E-state index contributed by atoms with van der Waals surface area (Å²) in [7, 11) is 4.14. The van der Waals surface area contributed by atoms with Crippen LogP contribution in [0.4, 0.5) is 45.5 Å². The zero-order valence-corrected chi connectivity index (χ0v) is 29.3. The van der Waals surface area contributed by atoms with Crippen LogP contribution >= 0.6 is 0 Å². The van der Waals surface area contributed by atoms with Crippen LogP contribution in [0.5, 0.6) is 0 Å². The summed E-state index contributed by atoms with van der Waals surface area (Å²) in [4.78, 5) is 51.9. The van der Waals surface area contributed by atoms with E-state index in [0.29, 0.717) is 30.9 Å². The van der Waals surface area contributed by atoms with Gasteiger partial charge in [-0.3, -0.25) is 4.79 Å². The minimum absolute atomic E-state index is 0.162. The van der Waals surface area contributed by atoms with Crippen LogP contribution in [0.2, 0.25) is 0 Å². The van der Waals surface area contributed by atoms with Crippen LogP contribution in [0.25, 0.3) is 10.9 Å². The van der Waals surface area contributed by atoms with Gasteiger partial charge in [0.15, 0.2) is 5.82 Å². The summed E-state index contributed by atoms with van der Waals surface area (Å²) in [6.07, 6.45) is -3.64. The average Bonchev–Trinajstić information content (AvgIpc) is 3.13. The molecule has 3 fully saturated rings. The Morgan fingerprint density at radius 1 is 0.736 bits per heavy atom. The molecule has 3 aliphatic rings. The molecule has 0 bridgehead atoms. The highest BCUT2D eigenvalue weighted by Crippen LogP contribution is 2.33. The molecule has 5 heterocycles. The normalized spacial score (nSPS) is 17.9. The highest BCUT2D eigenvalue weighted by molar-refractivity contribution is 5.94. The second-order valence-corrected chi connectivity index (χ2v) is 13.7.